The predicted octanol–water partition coefficient (Wildman–Crippen LogP) is 2.41. The van der Waals surface area contributed by atoms with Crippen LogP contribution in [0.15, 0.2) is 53.4 Å². The van der Waals surface area contributed by atoms with Crippen molar-refractivity contribution in [1.82, 2.24) is 25.2 Å². The number of anilines is 1. The molecule has 9 heteroatoms. The summed E-state index contributed by atoms with van der Waals surface area (Å²) in [5.74, 6) is 1.04. The second-order valence-corrected chi connectivity index (χ2v) is 7.44. The van der Waals surface area contributed by atoms with Gasteiger partial charge in [-0.2, -0.15) is 0 Å². The van der Waals surface area contributed by atoms with Crippen molar-refractivity contribution < 1.29 is 9.21 Å². The Labute approximate surface area is 179 Å². The van der Waals surface area contributed by atoms with E-state index < -0.39 is 0 Å². The van der Waals surface area contributed by atoms with Gasteiger partial charge in [0, 0.05) is 50.1 Å². The standard InChI is InChI=1S/C21H23ClN6O2/c22-17-5-2-1-4-16(17)6-9-23-20(29)18-15-30-19(26-18)14-27-10-12-28(13-11-27)21-24-7-3-8-25-21/h1-5,7-8,15H,6,9-14H2,(H,23,29). The highest BCUT2D eigenvalue weighted by molar-refractivity contribution is 6.31. The summed E-state index contributed by atoms with van der Waals surface area (Å²) in [5.41, 5.74) is 1.29. The average Bonchev–Trinajstić information content (AvgIpc) is 3.25. The van der Waals surface area contributed by atoms with Crippen molar-refractivity contribution in [2.24, 2.45) is 0 Å². The number of halogens is 1. The summed E-state index contributed by atoms with van der Waals surface area (Å²) in [7, 11) is 0. The van der Waals surface area contributed by atoms with E-state index in [1.807, 2.05) is 30.3 Å². The smallest absolute Gasteiger partial charge is 0.273 e. The average molecular weight is 427 g/mol. The molecule has 8 nitrogen and oxygen atoms in total. The molecule has 0 spiro atoms. The van der Waals surface area contributed by atoms with E-state index in [-0.39, 0.29) is 5.91 Å². The zero-order valence-corrected chi connectivity index (χ0v) is 17.3. The first-order valence-electron chi connectivity index (χ1n) is 9.89. The molecule has 2 aromatic heterocycles. The lowest BCUT2D eigenvalue weighted by molar-refractivity contribution is 0.0949. The Balaban J connectivity index is 1.23. The summed E-state index contributed by atoms with van der Waals surface area (Å²) in [4.78, 5) is 29.7. The molecule has 1 aliphatic rings. The number of hydrogen-bond donors (Lipinski definition) is 1. The lowest BCUT2D eigenvalue weighted by atomic mass is 10.1. The second-order valence-electron chi connectivity index (χ2n) is 7.04. The van der Waals surface area contributed by atoms with E-state index in [0.717, 1.165) is 37.7 Å². The van der Waals surface area contributed by atoms with Gasteiger partial charge >= 0.3 is 0 Å². The lowest BCUT2D eigenvalue weighted by Crippen LogP contribution is -2.46. The zero-order chi connectivity index (χ0) is 20.8. The number of oxazole rings is 1. The van der Waals surface area contributed by atoms with E-state index in [0.29, 0.717) is 36.1 Å². The molecular weight excluding hydrogens is 404 g/mol. The van der Waals surface area contributed by atoms with Gasteiger partial charge in [-0.15, -0.1) is 0 Å². The molecule has 0 radical (unpaired) electrons. The van der Waals surface area contributed by atoms with Crippen LogP contribution in [0.5, 0.6) is 0 Å². The first-order chi connectivity index (χ1) is 14.7. The number of aromatic nitrogens is 3. The van der Waals surface area contributed by atoms with Crippen LogP contribution in [0.25, 0.3) is 0 Å². The van der Waals surface area contributed by atoms with Crippen molar-refractivity contribution in [3.05, 3.63) is 71.2 Å². The maximum atomic E-state index is 12.3. The molecule has 30 heavy (non-hydrogen) atoms. The quantitative estimate of drug-likeness (QED) is 0.620. The van der Waals surface area contributed by atoms with Crippen LogP contribution in [0, 0.1) is 0 Å². The molecule has 1 aliphatic heterocycles. The van der Waals surface area contributed by atoms with Gasteiger partial charge in [-0.1, -0.05) is 29.8 Å². The summed E-state index contributed by atoms with van der Waals surface area (Å²) in [5, 5.41) is 3.56. The predicted molar refractivity (Wildman–Crippen MR) is 114 cm³/mol. The van der Waals surface area contributed by atoms with Crippen LogP contribution < -0.4 is 10.2 Å². The Hall–Kier alpha value is -2.97. The van der Waals surface area contributed by atoms with Gasteiger partial charge in [-0.05, 0) is 24.1 Å². The molecule has 3 aromatic rings. The van der Waals surface area contributed by atoms with Gasteiger partial charge in [0.05, 0.1) is 6.54 Å². The van der Waals surface area contributed by atoms with Crippen molar-refractivity contribution in [1.29, 1.82) is 0 Å². The number of amides is 1. The fourth-order valence-electron chi connectivity index (χ4n) is 3.34. The number of hydrogen-bond acceptors (Lipinski definition) is 7. The Bertz CT molecular complexity index is 972. The van der Waals surface area contributed by atoms with E-state index in [2.05, 4.69) is 30.1 Å². The van der Waals surface area contributed by atoms with Crippen LogP contribution in [0.2, 0.25) is 5.02 Å². The Morgan fingerprint density at radius 2 is 1.87 bits per heavy atom. The SMILES string of the molecule is O=C(NCCc1ccccc1Cl)c1coc(CN2CCN(c3ncccn3)CC2)n1. The summed E-state index contributed by atoms with van der Waals surface area (Å²) < 4.78 is 5.51. The van der Waals surface area contributed by atoms with Gasteiger partial charge < -0.3 is 14.6 Å². The normalized spacial score (nSPS) is 14.6. The molecule has 0 saturated carbocycles. The molecule has 3 heterocycles. The lowest BCUT2D eigenvalue weighted by Gasteiger charge is -2.33. The Morgan fingerprint density at radius 1 is 1.10 bits per heavy atom. The van der Waals surface area contributed by atoms with Gasteiger partial charge in [0.1, 0.15) is 6.26 Å². The fourth-order valence-corrected chi connectivity index (χ4v) is 3.57. The molecule has 1 aromatic carbocycles. The molecule has 1 amide bonds. The maximum absolute atomic E-state index is 12.3. The van der Waals surface area contributed by atoms with Crippen LogP contribution >= 0.6 is 11.6 Å². The third-order valence-electron chi connectivity index (χ3n) is 4.99. The molecular formula is C21H23ClN6O2. The molecule has 1 fully saturated rings. The number of carbonyl (C=O) groups is 1. The summed E-state index contributed by atoms with van der Waals surface area (Å²) >= 11 is 6.14. The number of carbonyl (C=O) groups excluding carboxylic acids is 1. The molecule has 156 valence electrons. The van der Waals surface area contributed by atoms with Gasteiger partial charge in [-0.25, -0.2) is 15.0 Å². The van der Waals surface area contributed by atoms with E-state index in [9.17, 15) is 4.79 Å². The van der Waals surface area contributed by atoms with E-state index in [1.54, 1.807) is 12.4 Å². The fraction of sp³-hybridized carbons (Fsp3) is 0.333. The largest absolute Gasteiger partial charge is 0.447 e. The van der Waals surface area contributed by atoms with Crippen LogP contribution in [0.4, 0.5) is 5.95 Å². The topological polar surface area (TPSA) is 87.4 Å². The third-order valence-corrected chi connectivity index (χ3v) is 5.36. The van der Waals surface area contributed by atoms with Gasteiger partial charge in [-0.3, -0.25) is 9.69 Å². The highest BCUT2D eigenvalue weighted by Crippen LogP contribution is 2.15. The third kappa shape index (κ3) is 5.14. The molecule has 1 N–H and O–H groups in total. The number of piperazine rings is 1. The van der Waals surface area contributed by atoms with E-state index in [4.69, 9.17) is 16.0 Å². The molecule has 0 unspecified atom stereocenters. The maximum Gasteiger partial charge on any atom is 0.273 e. The van der Waals surface area contributed by atoms with Crippen molar-refractivity contribution in [2.75, 3.05) is 37.6 Å². The summed E-state index contributed by atoms with van der Waals surface area (Å²) in [6.07, 6.45) is 5.57. The van der Waals surface area contributed by atoms with Crippen LogP contribution in [0.1, 0.15) is 21.9 Å². The summed E-state index contributed by atoms with van der Waals surface area (Å²) in [6.45, 7) is 4.41. The Kier molecular flexibility index (Phi) is 6.56. The van der Waals surface area contributed by atoms with Crippen molar-refractivity contribution >= 4 is 23.5 Å². The number of nitrogens with one attached hydrogen (secondary N) is 1. The van der Waals surface area contributed by atoms with E-state index in [1.165, 1.54) is 6.26 Å². The number of nitrogens with zero attached hydrogens (tertiary/aromatic N) is 5. The molecule has 4 rings (SSSR count). The van der Waals surface area contributed by atoms with Crippen molar-refractivity contribution in [3.63, 3.8) is 0 Å². The summed E-state index contributed by atoms with van der Waals surface area (Å²) in [6, 6.07) is 9.42. The van der Waals surface area contributed by atoms with Gasteiger partial charge in [0.15, 0.2) is 5.69 Å². The van der Waals surface area contributed by atoms with Crippen LogP contribution in [-0.2, 0) is 13.0 Å². The number of benzene rings is 1. The minimum Gasteiger partial charge on any atom is -0.447 e. The molecule has 0 bridgehead atoms. The molecule has 0 atom stereocenters. The van der Waals surface area contributed by atoms with Crippen LogP contribution in [-0.4, -0.2) is 58.5 Å². The zero-order valence-electron chi connectivity index (χ0n) is 16.5. The van der Waals surface area contributed by atoms with Gasteiger partial charge in [0.25, 0.3) is 5.91 Å². The van der Waals surface area contributed by atoms with Crippen molar-refractivity contribution in [3.8, 4) is 0 Å². The van der Waals surface area contributed by atoms with E-state index >= 15 is 0 Å². The first kappa shape index (κ1) is 20.3. The first-order valence-corrected chi connectivity index (χ1v) is 10.3. The number of rotatable bonds is 7. The molecule has 1 saturated heterocycles. The van der Waals surface area contributed by atoms with Gasteiger partial charge in [0.2, 0.25) is 11.8 Å². The minimum atomic E-state index is -0.247. The van der Waals surface area contributed by atoms with Crippen molar-refractivity contribution in [2.45, 2.75) is 13.0 Å². The van der Waals surface area contributed by atoms with Crippen LogP contribution in [0.3, 0.4) is 0 Å². The molecule has 0 aliphatic carbocycles. The highest BCUT2D eigenvalue weighted by atomic mass is 35.5. The second kappa shape index (κ2) is 9.69. The monoisotopic (exact) mass is 426 g/mol. The minimum absolute atomic E-state index is 0.247. The Morgan fingerprint density at radius 3 is 2.63 bits per heavy atom. The highest BCUT2D eigenvalue weighted by Gasteiger charge is 2.21.